The highest BCUT2D eigenvalue weighted by atomic mass is 32.1. The first-order valence-electron chi connectivity index (χ1n) is 5.74. The van der Waals surface area contributed by atoms with Crippen molar-refractivity contribution in [3.8, 4) is 0 Å². The van der Waals surface area contributed by atoms with Gasteiger partial charge in [-0.25, -0.2) is 14.2 Å². The van der Waals surface area contributed by atoms with Crippen molar-refractivity contribution < 1.29 is 14.3 Å². The van der Waals surface area contributed by atoms with Gasteiger partial charge >= 0.3 is 5.97 Å². The Morgan fingerprint density at radius 1 is 1.47 bits per heavy atom. The van der Waals surface area contributed by atoms with Crippen molar-refractivity contribution in [2.24, 2.45) is 0 Å². The molecule has 1 aromatic carbocycles. The average molecular weight is 280 g/mol. The number of rotatable bonds is 5. The minimum Gasteiger partial charge on any atom is -0.476 e. The Kier molecular flexibility index (Phi) is 4.11. The second kappa shape index (κ2) is 5.79. The topological polar surface area (TPSA) is 62.2 Å². The van der Waals surface area contributed by atoms with Gasteiger partial charge in [-0.3, -0.25) is 0 Å². The van der Waals surface area contributed by atoms with Crippen molar-refractivity contribution >= 4 is 22.3 Å². The van der Waals surface area contributed by atoms with Gasteiger partial charge in [0.1, 0.15) is 10.8 Å². The van der Waals surface area contributed by atoms with Crippen LogP contribution in [0.2, 0.25) is 0 Å². The predicted molar refractivity (Wildman–Crippen MR) is 72.3 cm³/mol. The molecular formula is C13H13FN2O2S. The van der Waals surface area contributed by atoms with Gasteiger partial charge in [0, 0.05) is 6.04 Å². The summed E-state index contributed by atoms with van der Waals surface area (Å²) in [6.07, 6.45) is 0.678. The van der Waals surface area contributed by atoms with E-state index in [1.165, 1.54) is 29.0 Å². The van der Waals surface area contributed by atoms with E-state index in [0.717, 1.165) is 5.56 Å². The van der Waals surface area contributed by atoms with Crippen molar-refractivity contribution in [3.05, 3.63) is 46.9 Å². The van der Waals surface area contributed by atoms with E-state index in [1.807, 2.05) is 6.92 Å². The second-order valence-electron chi connectivity index (χ2n) is 4.21. The Bertz CT molecular complexity index is 568. The van der Waals surface area contributed by atoms with Crippen molar-refractivity contribution in [1.29, 1.82) is 0 Å². The number of aromatic carboxylic acids is 1. The molecule has 0 amide bonds. The highest BCUT2D eigenvalue weighted by Crippen LogP contribution is 2.21. The van der Waals surface area contributed by atoms with Gasteiger partial charge in [-0.1, -0.05) is 12.1 Å². The highest BCUT2D eigenvalue weighted by molar-refractivity contribution is 7.14. The van der Waals surface area contributed by atoms with Crippen molar-refractivity contribution in [1.82, 2.24) is 4.98 Å². The number of carbonyl (C=O) groups is 1. The van der Waals surface area contributed by atoms with Gasteiger partial charge in [0.2, 0.25) is 0 Å². The Morgan fingerprint density at radius 2 is 2.16 bits per heavy atom. The lowest BCUT2D eigenvalue weighted by Crippen LogP contribution is -2.19. The van der Waals surface area contributed by atoms with Crippen LogP contribution in [0.4, 0.5) is 9.39 Å². The number of nitrogens with one attached hydrogen (secondary N) is 1. The number of thiazole rings is 1. The van der Waals surface area contributed by atoms with E-state index < -0.39 is 5.97 Å². The number of carboxylic acids is 1. The van der Waals surface area contributed by atoms with Crippen molar-refractivity contribution in [2.75, 3.05) is 5.32 Å². The maximum Gasteiger partial charge on any atom is 0.357 e. The van der Waals surface area contributed by atoms with Gasteiger partial charge in [-0.15, -0.1) is 11.3 Å². The normalized spacial score (nSPS) is 12.1. The molecule has 19 heavy (non-hydrogen) atoms. The number of nitrogens with zero attached hydrogens (tertiary/aromatic N) is 1. The zero-order valence-corrected chi connectivity index (χ0v) is 11.1. The summed E-state index contributed by atoms with van der Waals surface area (Å²) in [7, 11) is 0. The lowest BCUT2D eigenvalue weighted by molar-refractivity contribution is 0.0692. The first-order valence-corrected chi connectivity index (χ1v) is 6.62. The summed E-state index contributed by atoms with van der Waals surface area (Å²) >= 11 is 1.26. The Hall–Kier alpha value is -1.95. The summed E-state index contributed by atoms with van der Waals surface area (Å²) in [6, 6.07) is 6.30. The highest BCUT2D eigenvalue weighted by Gasteiger charge is 2.15. The van der Waals surface area contributed by atoms with Gasteiger partial charge in [0.25, 0.3) is 0 Å². The van der Waals surface area contributed by atoms with Gasteiger partial charge in [-0.05, 0) is 31.0 Å². The van der Waals surface area contributed by atoms with Gasteiger partial charge in [-0.2, -0.15) is 0 Å². The minimum atomic E-state index is -1.04. The SMILES string of the molecule is CC(Cc1ccc(F)cc1)Nc1scnc1C(=O)O. The summed E-state index contributed by atoms with van der Waals surface area (Å²) in [5.41, 5.74) is 2.52. The van der Waals surface area contributed by atoms with Gasteiger partial charge in [0.05, 0.1) is 5.51 Å². The monoisotopic (exact) mass is 280 g/mol. The molecule has 2 N–H and O–H groups in total. The molecular weight excluding hydrogens is 267 g/mol. The molecule has 2 aromatic rings. The molecule has 1 unspecified atom stereocenters. The molecule has 1 atom stereocenters. The molecule has 1 aromatic heterocycles. The number of hydrogen-bond acceptors (Lipinski definition) is 4. The maximum absolute atomic E-state index is 12.8. The first kappa shape index (κ1) is 13.5. The van der Waals surface area contributed by atoms with E-state index in [1.54, 1.807) is 12.1 Å². The summed E-state index contributed by atoms with van der Waals surface area (Å²) in [4.78, 5) is 14.7. The van der Waals surface area contributed by atoms with E-state index in [4.69, 9.17) is 5.11 Å². The Morgan fingerprint density at radius 3 is 2.79 bits per heavy atom. The molecule has 0 spiro atoms. The van der Waals surface area contributed by atoms with Crippen LogP contribution >= 0.6 is 11.3 Å². The molecule has 0 saturated carbocycles. The number of anilines is 1. The quantitative estimate of drug-likeness (QED) is 0.883. The zero-order chi connectivity index (χ0) is 13.8. The third kappa shape index (κ3) is 3.51. The third-order valence-electron chi connectivity index (χ3n) is 2.60. The number of halogens is 1. The number of carboxylic acid groups (broad SMARTS) is 1. The van der Waals surface area contributed by atoms with Crippen LogP contribution in [-0.2, 0) is 6.42 Å². The Labute approximate surface area is 113 Å². The molecule has 0 radical (unpaired) electrons. The van der Waals surface area contributed by atoms with Crippen LogP contribution in [0.3, 0.4) is 0 Å². The van der Waals surface area contributed by atoms with E-state index in [9.17, 15) is 9.18 Å². The fraction of sp³-hybridized carbons (Fsp3) is 0.231. The fourth-order valence-corrected chi connectivity index (χ4v) is 2.53. The summed E-state index contributed by atoms with van der Waals surface area (Å²) in [5.74, 6) is -1.31. The van der Waals surface area contributed by atoms with Crippen LogP contribution in [0.5, 0.6) is 0 Å². The predicted octanol–water partition coefficient (Wildman–Crippen LogP) is 3.02. The summed E-state index contributed by atoms with van der Waals surface area (Å²) in [5, 5.41) is 12.6. The van der Waals surface area contributed by atoms with E-state index in [0.29, 0.717) is 11.4 Å². The van der Waals surface area contributed by atoms with Crippen LogP contribution in [0.25, 0.3) is 0 Å². The molecule has 100 valence electrons. The first-order chi connectivity index (χ1) is 9.06. The fourth-order valence-electron chi connectivity index (χ4n) is 1.75. The summed E-state index contributed by atoms with van der Waals surface area (Å²) in [6.45, 7) is 1.94. The van der Waals surface area contributed by atoms with Gasteiger partial charge in [0.15, 0.2) is 5.69 Å². The second-order valence-corrected chi connectivity index (χ2v) is 5.07. The molecule has 0 bridgehead atoms. The van der Waals surface area contributed by atoms with Crippen molar-refractivity contribution in [2.45, 2.75) is 19.4 Å². The molecule has 4 nitrogen and oxygen atoms in total. The van der Waals surface area contributed by atoms with Crippen molar-refractivity contribution in [3.63, 3.8) is 0 Å². The molecule has 0 aliphatic carbocycles. The van der Waals surface area contributed by atoms with Crippen LogP contribution in [0.15, 0.2) is 29.8 Å². The molecule has 0 aliphatic rings. The lowest BCUT2D eigenvalue weighted by atomic mass is 10.1. The third-order valence-corrected chi connectivity index (χ3v) is 3.36. The number of hydrogen-bond donors (Lipinski definition) is 2. The molecule has 6 heteroatoms. The molecule has 2 rings (SSSR count). The minimum absolute atomic E-state index is 0.0315. The summed E-state index contributed by atoms with van der Waals surface area (Å²) < 4.78 is 12.8. The molecule has 0 saturated heterocycles. The Balaban J connectivity index is 2.01. The van der Waals surface area contributed by atoms with Gasteiger partial charge < -0.3 is 10.4 Å². The van der Waals surface area contributed by atoms with Crippen LogP contribution < -0.4 is 5.32 Å². The molecule has 0 aliphatic heterocycles. The number of aromatic nitrogens is 1. The van der Waals surface area contributed by atoms with Crippen LogP contribution in [0.1, 0.15) is 23.0 Å². The molecule has 0 fully saturated rings. The van der Waals surface area contributed by atoms with E-state index in [2.05, 4.69) is 10.3 Å². The number of benzene rings is 1. The maximum atomic E-state index is 12.8. The standard InChI is InChI=1S/C13H13FN2O2S/c1-8(6-9-2-4-10(14)5-3-9)16-12-11(13(17)18)15-7-19-12/h2-5,7-8,16H,6H2,1H3,(H,17,18). The largest absolute Gasteiger partial charge is 0.476 e. The lowest BCUT2D eigenvalue weighted by Gasteiger charge is -2.14. The van der Waals surface area contributed by atoms with Crippen LogP contribution in [0, 0.1) is 5.82 Å². The zero-order valence-electron chi connectivity index (χ0n) is 10.3. The smallest absolute Gasteiger partial charge is 0.357 e. The average Bonchev–Trinajstić information content (AvgIpc) is 2.80. The molecule has 1 heterocycles. The van der Waals surface area contributed by atoms with E-state index in [-0.39, 0.29) is 17.6 Å². The van der Waals surface area contributed by atoms with Crippen LogP contribution in [-0.4, -0.2) is 22.1 Å². The van der Waals surface area contributed by atoms with E-state index >= 15 is 0 Å².